The van der Waals surface area contributed by atoms with Crippen LogP contribution in [0.5, 0.6) is 5.75 Å². The summed E-state index contributed by atoms with van der Waals surface area (Å²) in [6.07, 6.45) is 9.37. The van der Waals surface area contributed by atoms with E-state index < -0.39 is 0 Å². The molecule has 0 heterocycles. The van der Waals surface area contributed by atoms with E-state index in [4.69, 9.17) is 0 Å². The number of hydrogen-bond donors (Lipinski definition) is 1. The highest BCUT2D eigenvalue weighted by Gasteiger charge is 2.08. The van der Waals surface area contributed by atoms with E-state index in [1.165, 1.54) is 31.2 Å². The van der Waals surface area contributed by atoms with E-state index in [0.717, 1.165) is 36.8 Å². The van der Waals surface area contributed by atoms with E-state index in [9.17, 15) is 5.11 Å². The van der Waals surface area contributed by atoms with Crippen LogP contribution in [0.3, 0.4) is 0 Å². The zero-order valence-corrected chi connectivity index (χ0v) is 12.3. The second-order valence-electron chi connectivity index (χ2n) is 5.18. The Kier molecular flexibility index (Phi) is 6.85. The molecule has 0 aliphatic heterocycles. The molecular formula is C17H28O. The first-order valence-corrected chi connectivity index (χ1v) is 7.56. The highest BCUT2D eigenvalue weighted by Crippen LogP contribution is 2.27. The lowest BCUT2D eigenvalue weighted by Crippen LogP contribution is -1.95. The molecule has 0 bridgehead atoms. The van der Waals surface area contributed by atoms with Gasteiger partial charge in [0.15, 0.2) is 0 Å². The van der Waals surface area contributed by atoms with Crippen molar-refractivity contribution < 1.29 is 5.11 Å². The van der Waals surface area contributed by atoms with Crippen LogP contribution in [0, 0.1) is 0 Å². The molecule has 0 aromatic heterocycles. The largest absolute Gasteiger partial charge is 0.507 e. The molecule has 1 aromatic rings. The number of aryl methyl sites for hydroxylation is 3. The normalized spacial score (nSPS) is 10.8. The van der Waals surface area contributed by atoms with Gasteiger partial charge in [-0.15, -0.1) is 0 Å². The van der Waals surface area contributed by atoms with Crippen LogP contribution in [0.4, 0.5) is 0 Å². The number of benzene rings is 1. The summed E-state index contributed by atoms with van der Waals surface area (Å²) >= 11 is 0. The Morgan fingerprint density at radius 1 is 0.833 bits per heavy atom. The standard InChI is InChI=1S/C17H28O/c1-4-7-8-9-11-14-12-15(6-3)17(18)16(13-14)10-5-2/h12-13,18H,4-11H2,1-3H3. The number of aromatic hydroxyl groups is 1. The summed E-state index contributed by atoms with van der Waals surface area (Å²) in [4.78, 5) is 0. The smallest absolute Gasteiger partial charge is 0.121 e. The second kappa shape index (κ2) is 8.18. The molecule has 0 unspecified atom stereocenters. The summed E-state index contributed by atoms with van der Waals surface area (Å²) in [5.74, 6) is 0.539. The van der Waals surface area contributed by atoms with Crippen LogP contribution in [0.2, 0.25) is 0 Å². The number of phenols is 1. The van der Waals surface area contributed by atoms with Gasteiger partial charge in [-0.2, -0.15) is 0 Å². The molecule has 1 rings (SSSR count). The Morgan fingerprint density at radius 3 is 2.17 bits per heavy atom. The third-order valence-corrected chi connectivity index (χ3v) is 3.55. The van der Waals surface area contributed by atoms with E-state index >= 15 is 0 Å². The van der Waals surface area contributed by atoms with Crippen LogP contribution in [-0.4, -0.2) is 5.11 Å². The Bertz CT molecular complexity index is 355. The van der Waals surface area contributed by atoms with Crippen LogP contribution in [0.25, 0.3) is 0 Å². The van der Waals surface area contributed by atoms with Gasteiger partial charge in [-0.05, 0) is 42.4 Å². The Labute approximate surface area is 112 Å². The molecule has 0 saturated carbocycles. The van der Waals surface area contributed by atoms with Crippen LogP contribution in [0.15, 0.2) is 12.1 Å². The topological polar surface area (TPSA) is 20.2 Å². The van der Waals surface area contributed by atoms with Crippen LogP contribution < -0.4 is 0 Å². The molecule has 0 fully saturated rings. The number of rotatable bonds is 8. The molecule has 0 atom stereocenters. The first-order chi connectivity index (χ1) is 8.72. The van der Waals surface area contributed by atoms with Gasteiger partial charge in [-0.25, -0.2) is 0 Å². The second-order valence-corrected chi connectivity index (χ2v) is 5.18. The molecule has 1 heteroatoms. The molecule has 0 amide bonds. The molecule has 0 aliphatic rings. The van der Waals surface area contributed by atoms with Crippen molar-refractivity contribution in [3.05, 3.63) is 28.8 Å². The van der Waals surface area contributed by atoms with Crippen molar-refractivity contribution in [3.63, 3.8) is 0 Å². The molecular weight excluding hydrogens is 220 g/mol. The lowest BCUT2D eigenvalue weighted by atomic mass is 9.96. The Balaban J connectivity index is 2.75. The van der Waals surface area contributed by atoms with Crippen LogP contribution >= 0.6 is 0 Å². The third-order valence-electron chi connectivity index (χ3n) is 3.55. The molecule has 0 spiro atoms. The predicted molar refractivity (Wildman–Crippen MR) is 79.3 cm³/mol. The third kappa shape index (κ3) is 4.36. The van der Waals surface area contributed by atoms with Gasteiger partial charge in [0.2, 0.25) is 0 Å². The number of phenolic OH excluding ortho intramolecular Hbond substituents is 1. The highest BCUT2D eigenvalue weighted by molar-refractivity contribution is 5.44. The van der Waals surface area contributed by atoms with Gasteiger partial charge in [0.05, 0.1) is 0 Å². The SMILES string of the molecule is CCCCCCc1cc(CC)c(O)c(CCC)c1. The first kappa shape index (κ1) is 15.1. The molecule has 0 saturated heterocycles. The monoisotopic (exact) mass is 248 g/mol. The summed E-state index contributed by atoms with van der Waals surface area (Å²) in [5.41, 5.74) is 3.66. The highest BCUT2D eigenvalue weighted by atomic mass is 16.3. The van der Waals surface area contributed by atoms with Gasteiger partial charge >= 0.3 is 0 Å². The minimum atomic E-state index is 0.539. The maximum absolute atomic E-state index is 10.2. The van der Waals surface area contributed by atoms with Crippen molar-refractivity contribution in [1.29, 1.82) is 0 Å². The zero-order chi connectivity index (χ0) is 13.4. The quantitative estimate of drug-likeness (QED) is 0.640. The van der Waals surface area contributed by atoms with E-state index in [-0.39, 0.29) is 0 Å². The fourth-order valence-electron chi connectivity index (χ4n) is 2.46. The predicted octanol–water partition coefficient (Wildman–Crippen LogP) is 5.03. The minimum Gasteiger partial charge on any atom is -0.507 e. The maximum Gasteiger partial charge on any atom is 0.121 e. The summed E-state index contributed by atoms with van der Waals surface area (Å²) in [6, 6.07) is 4.41. The molecule has 0 aliphatic carbocycles. The van der Waals surface area contributed by atoms with E-state index in [2.05, 4.69) is 32.9 Å². The average Bonchev–Trinajstić information content (AvgIpc) is 2.38. The van der Waals surface area contributed by atoms with Gasteiger partial charge in [0.1, 0.15) is 5.75 Å². The van der Waals surface area contributed by atoms with Gasteiger partial charge in [0.25, 0.3) is 0 Å². The van der Waals surface area contributed by atoms with Gasteiger partial charge in [-0.1, -0.05) is 58.6 Å². The van der Waals surface area contributed by atoms with Crippen molar-refractivity contribution in [2.45, 2.75) is 72.1 Å². The molecule has 18 heavy (non-hydrogen) atoms. The summed E-state index contributed by atoms with van der Waals surface area (Å²) in [5, 5.41) is 10.2. The van der Waals surface area contributed by atoms with Crippen molar-refractivity contribution >= 4 is 0 Å². The van der Waals surface area contributed by atoms with Crippen molar-refractivity contribution in [3.8, 4) is 5.75 Å². The Morgan fingerprint density at radius 2 is 1.56 bits per heavy atom. The molecule has 1 nitrogen and oxygen atoms in total. The lowest BCUT2D eigenvalue weighted by molar-refractivity contribution is 0.460. The zero-order valence-electron chi connectivity index (χ0n) is 12.3. The Hall–Kier alpha value is -0.980. The van der Waals surface area contributed by atoms with E-state index in [1.54, 1.807) is 0 Å². The minimum absolute atomic E-state index is 0.539. The first-order valence-electron chi connectivity index (χ1n) is 7.56. The van der Waals surface area contributed by atoms with E-state index in [0.29, 0.717) is 5.75 Å². The molecule has 1 aromatic carbocycles. The molecule has 1 N–H and O–H groups in total. The summed E-state index contributed by atoms with van der Waals surface area (Å²) in [6.45, 7) is 6.53. The number of hydrogen-bond acceptors (Lipinski definition) is 1. The maximum atomic E-state index is 10.2. The van der Waals surface area contributed by atoms with Crippen molar-refractivity contribution in [2.75, 3.05) is 0 Å². The van der Waals surface area contributed by atoms with Crippen molar-refractivity contribution in [1.82, 2.24) is 0 Å². The summed E-state index contributed by atoms with van der Waals surface area (Å²) < 4.78 is 0. The fourth-order valence-corrected chi connectivity index (χ4v) is 2.46. The summed E-state index contributed by atoms with van der Waals surface area (Å²) in [7, 11) is 0. The average molecular weight is 248 g/mol. The van der Waals surface area contributed by atoms with E-state index in [1.807, 2.05) is 0 Å². The van der Waals surface area contributed by atoms with Crippen LogP contribution in [-0.2, 0) is 19.3 Å². The molecule has 102 valence electrons. The van der Waals surface area contributed by atoms with Crippen molar-refractivity contribution in [2.24, 2.45) is 0 Å². The fraction of sp³-hybridized carbons (Fsp3) is 0.647. The lowest BCUT2D eigenvalue weighted by Gasteiger charge is -2.12. The molecule has 0 radical (unpaired) electrons. The van der Waals surface area contributed by atoms with Gasteiger partial charge in [0, 0.05) is 0 Å². The van der Waals surface area contributed by atoms with Gasteiger partial charge < -0.3 is 5.11 Å². The van der Waals surface area contributed by atoms with Gasteiger partial charge in [-0.3, -0.25) is 0 Å². The number of unbranched alkanes of at least 4 members (excludes halogenated alkanes) is 3. The van der Waals surface area contributed by atoms with Crippen LogP contribution in [0.1, 0.15) is 69.6 Å².